The summed E-state index contributed by atoms with van der Waals surface area (Å²) in [6.07, 6.45) is 0. The highest BCUT2D eigenvalue weighted by molar-refractivity contribution is 6.18. The molecule has 0 fully saturated rings. The third kappa shape index (κ3) is 5.13. The van der Waals surface area contributed by atoms with Gasteiger partial charge in [0, 0.05) is 27.3 Å². The SMILES string of the molecule is [2H]c1c([2H])c(-c2c([2H])c(-c3nc(-c4ccccc4)nc(-c4ccccc4)n3)c3oc4c5c([2H])c([2H])c([2H])c([2H])c5c([2H])c([2H])c4c3c2[2H])c([2H])c([2H])c1-c1c([2H])c([2H])c2c([2H])c([2H])c([2H])c([2H])c2c1[2H]. The van der Waals surface area contributed by atoms with Crippen LogP contribution in [-0.4, -0.2) is 15.0 Å². The first-order valence-electron chi connectivity index (χ1n) is 25.1. The van der Waals surface area contributed by atoms with Gasteiger partial charge in [0.2, 0.25) is 0 Å². The Morgan fingerprint density at radius 2 is 0.941 bits per heavy atom. The minimum Gasteiger partial charge on any atom is -0.455 e. The van der Waals surface area contributed by atoms with Crippen molar-refractivity contribution in [3.8, 4) is 56.4 Å². The molecule has 8 aromatic carbocycles. The molecule has 0 aliphatic heterocycles. The van der Waals surface area contributed by atoms with E-state index < -0.39 is 148 Å². The highest BCUT2D eigenvalue weighted by atomic mass is 16.3. The molecule has 0 unspecified atom stereocenters. The Hall–Kier alpha value is -6.91. The normalized spacial score (nSPS) is 16.7. The van der Waals surface area contributed by atoms with Crippen LogP contribution >= 0.6 is 0 Å². The van der Waals surface area contributed by atoms with Crippen molar-refractivity contribution in [3.05, 3.63) is 175 Å². The zero-order valence-electron chi connectivity index (χ0n) is 45.0. The van der Waals surface area contributed by atoms with Crippen LogP contribution in [0.2, 0.25) is 0 Å². The molecule has 0 amide bonds. The monoisotopic (exact) mass is 670 g/mol. The Bertz CT molecular complexity index is 3910. The average molecular weight is 671 g/mol. The Balaban J connectivity index is 1.38. The maximum atomic E-state index is 9.95. The van der Waals surface area contributed by atoms with Gasteiger partial charge in [0.1, 0.15) is 11.2 Å². The number of aromatic nitrogens is 3. The molecule has 0 saturated heterocycles. The number of nitrogens with zero attached hydrogens (tertiary/aromatic N) is 3. The average Bonchev–Trinajstić information content (AvgIpc) is 3.75. The zero-order chi connectivity index (χ0) is 50.3. The molecule has 0 atom stereocenters. The van der Waals surface area contributed by atoms with E-state index in [-0.39, 0.29) is 55.7 Å². The first kappa shape index (κ1) is 15.8. The van der Waals surface area contributed by atoms with Crippen LogP contribution in [0.1, 0.15) is 26.0 Å². The van der Waals surface area contributed by atoms with Gasteiger partial charge in [-0.15, -0.1) is 0 Å². The van der Waals surface area contributed by atoms with Gasteiger partial charge in [-0.2, -0.15) is 0 Å². The molecule has 0 saturated carbocycles. The molecule has 2 aromatic heterocycles. The molecule has 4 nitrogen and oxygen atoms in total. The fourth-order valence-corrected chi connectivity index (χ4v) is 5.73. The van der Waals surface area contributed by atoms with Crippen LogP contribution in [0, 0.1) is 0 Å². The maximum absolute atomic E-state index is 9.95. The topological polar surface area (TPSA) is 51.8 Å². The summed E-state index contributed by atoms with van der Waals surface area (Å²) in [5.74, 6) is -0.0854. The molecule has 2 heterocycles. The molecule has 0 radical (unpaired) electrons. The second-order valence-electron chi connectivity index (χ2n) is 11.3. The minimum absolute atomic E-state index is 0.0961. The van der Waals surface area contributed by atoms with Crippen LogP contribution in [0.4, 0.5) is 0 Å². The van der Waals surface area contributed by atoms with Gasteiger partial charge in [-0.05, 0) is 62.6 Å². The smallest absolute Gasteiger partial charge is 0.167 e. The molecule has 0 spiro atoms. The minimum atomic E-state index is -0.912. The van der Waals surface area contributed by atoms with Crippen LogP contribution in [0.25, 0.3) is 99.9 Å². The summed E-state index contributed by atoms with van der Waals surface area (Å²) in [7, 11) is 0. The quantitative estimate of drug-likeness (QED) is 0.183. The number of hydrogen-bond acceptors (Lipinski definition) is 4. The maximum Gasteiger partial charge on any atom is 0.167 e. The standard InChI is InChI=1S/C47H29N3O/c1-3-13-34(14-4-1)45-48-46(35-15-5-2-6-16-35)50-47(49-45)42-29-38(28-41-40-26-25-33-12-9-10-18-39(33)43(40)51-44(41)42)32-21-19-31(20-22-32)37-24-23-30-11-7-8-17-36(30)27-37/h1-29H/i7D,8D,9D,10D,11D,12D,17D,18D,19D,20D,21D,22D,23D,24D,25D,26D,27D,28D,29D. The van der Waals surface area contributed by atoms with Gasteiger partial charge in [-0.1, -0.05) is 151 Å². The largest absolute Gasteiger partial charge is 0.455 e. The van der Waals surface area contributed by atoms with Crippen molar-refractivity contribution >= 4 is 43.5 Å². The van der Waals surface area contributed by atoms with Crippen molar-refractivity contribution in [2.24, 2.45) is 0 Å². The third-order valence-electron chi connectivity index (χ3n) is 8.16. The van der Waals surface area contributed by atoms with E-state index in [1.165, 1.54) is 0 Å². The molecule has 0 bridgehead atoms. The van der Waals surface area contributed by atoms with Crippen molar-refractivity contribution in [2.75, 3.05) is 0 Å². The van der Waals surface area contributed by atoms with E-state index in [4.69, 9.17) is 35.8 Å². The lowest BCUT2D eigenvalue weighted by atomic mass is 9.95. The molecule has 10 rings (SSSR count). The summed E-state index contributed by atoms with van der Waals surface area (Å²) in [6, 6.07) is 3.10. The van der Waals surface area contributed by atoms with Gasteiger partial charge in [-0.25, -0.2) is 15.0 Å². The predicted molar refractivity (Wildman–Crippen MR) is 209 cm³/mol. The van der Waals surface area contributed by atoms with Crippen LogP contribution < -0.4 is 0 Å². The van der Waals surface area contributed by atoms with Gasteiger partial charge in [0.15, 0.2) is 17.5 Å². The first-order chi connectivity index (χ1) is 33.2. The Morgan fingerprint density at radius 1 is 0.373 bits per heavy atom. The van der Waals surface area contributed by atoms with Crippen molar-refractivity contribution in [2.45, 2.75) is 0 Å². The molecule has 10 aromatic rings. The highest BCUT2D eigenvalue weighted by Gasteiger charge is 2.20. The van der Waals surface area contributed by atoms with Crippen LogP contribution in [0.15, 0.2) is 180 Å². The van der Waals surface area contributed by atoms with Crippen molar-refractivity contribution < 1.29 is 30.5 Å². The number of benzene rings is 8. The summed E-state index contributed by atoms with van der Waals surface area (Å²) in [5.41, 5.74) is -2.66. The van der Waals surface area contributed by atoms with E-state index in [1.54, 1.807) is 60.7 Å². The third-order valence-corrected chi connectivity index (χ3v) is 8.16. The van der Waals surface area contributed by atoms with Crippen molar-refractivity contribution in [3.63, 3.8) is 0 Å². The van der Waals surface area contributed by atoms with Gasteiger partial charge < -0.3 is 4.42 Å². The van der Waals surface area contributed by atoms with Crippen LogP contribution in [-0.2, 0) is 0 Å². The van der Waals surface area contributed by atoms with Gasteiger partial charge in [0.25, 0.3) is 0 Å². The highest BCUT2D eigenvalue weighted by Crippen LogP contribution is 2.42. The van der Waals surface area contributed by atoms with E-state index in [1.807, 2.05) is 0 Å². The Labute approximate surface area is 321 Å². The molecule has 4 heteroatoms. The van der Waals surface area contributed by atoms with Gasteiger partial charge >= 0.3 is 0 Å². The number of furan rings is 1. The van der Waals surface area contributed by atoms with E-state index >= 15 is 0 Å². The van der Waals surface area contributed by atoms with E-state index in [0.29, 0.717) is 11.1 Å². The number of rotatable bonds is 5. The number of fused-ring (bicyclic) bond motifs is 6. The van der Waals surface area contributed by atoms with Crippen molar-refractivity contribution in [1.82, 2.24) is 15.0 Å². The fourth-order valence-electron chi connectivity index (χ4n) is 5.73. The lowest BCUT2D eigenvalue weighted by molar-refractivity contribution is 0.673. The first-order valence-corrected chi connectivity index (χ1v) is 15.6. The Morgan fingerprint density at radius 3 is 1.65 bits per heavy atom. The molecular weight excluding hydrogens is 623 g/mol. The second-order valence-corrected chi connectivity index (χ2v) is 11.3. The summed E-state index contributed by atoms with van der Waals surface area (Å²) in [4.78, 5) is 14.2. The molecule has 0 N–H and O–H groups in total. The predicted octanol–water partition coefficient (Wildman–Crippen LogP) is 12.4. The van der Waals surface area contributed by atoms with E-state index in [0.717, 1.165) is 0 Å². The Kier molecular flexibility index (Phi) is 3.68. The zero-order valence-corrected chi connectivity index (χ0v) is 26.0. The summed E-state index contributed by atoms with van der Waals surface area (Å²) in [6.45, 7) is 0. The summed E-state index contributed by atoms with van der Waals surface area (Å²) in [5, 5.41) is -2.29. The summed E-state index contributed by atoms with van der Waals surface area (Å²) < 4.78 is 177. The molecule has 0 aliphatic rings. The van der Waals surface area contributed by atoms with Gasteiger partial charge in [-0.3, -0.25) is 0 Å². The molecular formula is C47H29N3O. The van der Waals surface area contributed by atoms with Gasteiger partial charge in [0.05, 0.1) is 31.6 Å². The van der Waals surface area contributed by atoms with E-state index in [9.17, 15) is 9.60 Å². The molecule has 238 valence electrons. The molecule has 51 heavy (non-hydrogen) atoms. The lowest BCUT2D eigenvalue weighted by Gasteiger charge is -2.11. The van der Waals surface area contributed by atoms with Crippen molar-refractivity contribution in [1.29, 1.82) is 0 Å². The van der Waals surface area contributed by atoms with Crippen LogP contribution in [0.5, 0.6) is 0 Å². The fraction of sp³-hybridized carbons (Fsp3) is 0. The lowest BCUT2D eigenvalue weighted by Crippen LogP contribution is -2.00. The van der Waals surface area contributed by atoms with E-state index in [2.05, 4.69) is 0 Å². The molecule has 0 aliphatic carbocycles. The summed E-state index contributed by atoms with van der Waals surface area (Å²) >= 11 is 0. The van der Waals surface area contributed by atoms with Crippen LogP contribution in [0.3, 0.4) is 0 Å². The number of hydrogen-bond donors (Lipinski definition) is 0. The second kappa shape index (κ2) is 11.9.